The first-order valence-corrected chi connectivity index (χ1v) is 8.44. The molecule has 1 spiro atoms. The zero-order chi connectivity index (χ0) is 16.9. The minimum atomic E-state index is -2.85. The predicted octanol–water partition coefficient (Wildman–Crippen LogP) is 2.69. The van der Waals surface area contributed by atoms with Crippen molar-refractivity contribution in [2.24, 2.45) is 11.3 Å². The minimum absolute atomic E-state index is 0.00680. The molecule has 0 radical (unpaired) electrons. The van der Waals surface area contributed by atoms with Crippen molar-refractivity contribution >= 4 is 11.7 Å². The summed E-state index contributed by atoms with van der Waals surface area (Å²) >= 11 is 0. The summed E-state index contributed by atoms with van der Waals surface area (Å²) in [5.41, 5.74) is -1.31. The van der Waals surface area contributed by atoms with Crippen LogP contribution in [0.3, 0.4) is 0 Å². The molecule has 3 heterocycles. The quantitative estimate of drug-likeness (QED) is 0.831. The number of carbonyl (C=O) groups excluding carboxylic acids is 1. The van der Waals surface area contributed by atoms with Gasteiger partial charge in [-0.3, -0.25) is 4.79 Å². The average molecular weight is 339 g/mol. The Kier molecular flexibility index (Phi) is 3.51. The van der Waals surface area contributed by atoms with Gasteiger partial charge in [-0.05, 0) is 31.4 Å². The number of alkyl halides is 2. The van der Waals surface area contributed by atoms with Crippen LogP contribution in [0.4, 0.5) is 19.0 Å². The van der Waals surface area contributed by atoms with Crippen molar-refractivity contribution < 1.29 is 18.0 Å². The number of hydrogen-bond donors (Lipinski definition) is 0. The summed E-state index contributed by atoms with van der Waals surface area (Å²) in [6.45, 7) is 0.527. The van der Waals surface area contributed by atoms with Crippen molar-refractivity contribution in [2.75, 3.05) is 31.1 Å². The lowest BCUT2D eigenvalue weighted by atomic mass is 9.75. The third-order valence-electron chi connectivity index (χ3n) is 5.60. The molecule has 3 aliphatic rings. The number of likely N-dealkylation sites (tertiary alicyclic amines) is 1. The molecule has 0 aromatic carbocycles. The number of rotatable bonds is 2. The highest BCUT2D eigenvalue weighted by Gasteiger charge is 2.60. The Morgan fingerprint density at radius 1 is 1.21 bits per heavy atom. The fourth-order valence-corrected chi connectivity index (χ4v) is 3.97. The van der Waals surface area contributed by atoms with E-state index in [0.29, 0.717) is 6.54 Å². The fourth-order valence-electron chi connectivity index (χ4n) is 3.97. The van der Waals surface area contributed by atoms with Gasteiger partial charge >= 0.3 is 0 Å². The molecule has 1 saturated carbocycles. The van der Waals surface area contributed by atoms with Gasteiger partial charge in [-0.25, -0.2) is 18.2 Å². The van der Waals surface area contributed by atoms with Crippen LogP contribution in [0.5, 0.6) is 0 Å². The second-order valence-corrected chi connectivity index (χ2v) is 7.25. The van der Waals surface area contributed by atoms with Crippen LogP contribution in [0.15, 0.2) is 18.3 Å². The molecule has 1 aromatic rings. The van der Waals surface area contributed by atoms with E-state index in [4.69, 9.17) is 0 Å². The Balaban J connectivity index is 1.57. The Bertz CT molecular complexity index is 664. The molecule has 4 rings (SSSR count). The van der Waals surface area contributed by atoms with E-state index in [1.165, 1.54) is 18.3 Å². The Hall–Kier alpha value is -1.79. The molecular formula is C17H20F3N3O. The molecule has 0 unspecified atom stereocenters. The van der Waals surface area contributed by atoms with E-state index in [1.807, 2.05) is 0 Å². The fraction of sp³-hybridized carbons (Fsp3) is 0.647. The topological polar surface area (TPSA) is 36.4 Å². The summed E-state index contributed by atoms with van der Waals surface area (Å²) in [5.74, 6) is -3.20. The van der Waals surface area contributed by atoms with E-state index in [2.05, 4.69) is 4.98 Å². The number of pyridine rings is 1. The predicted molar refractivity (Wildman–Crippen MR) is 82.3 cm³/mol. The van der Waals surface area contributed by atoms with E-state index in [-0.39, 0.29) is 50.1 Å². The van der Waals surface area contributed by atoms with Crippen molar-refractivity contribution in [3.8, 4) is 0 Å². The van der Waals surface area contributed by atoms with Crippen LogP contribution in [-0.4, -0.2) is 47.9 Å². The van der Waals surface area contributed by atoms with Gasteiger partial charge in [0, 0.05) is 44.7 Å². The molecule has 0 bridgehead atoms. The molecule has 4 nitrogen and oxygen atoms in total. The molecule has 130 valence electrons. The van der Waals surface area contributed by atoms with Gasteiger partial charge in [0.05, 0.1) is 5.41 Å². The molecule has 24 heavy (non-hydrogen) atoms. The summed E-state index contributed by atoms with van der Waals surface area (Å²) in [6.07, 6.45) is 3.12. The lowest BCUT2D eigenvalue weighted by Crippen LogP contribution is -2.58. The number of hydrogen-bond acceptors (Lipinski definition) is 3. The smallest absolute Gasteiger partial charge is 0.258 e. The number of piperidine rings is 1. The zero-order valence-corrected chi connectivity index (χ0v) is 13.4. The highest BCUT2D eigenvalue weighted by molar-refractivity contribution is 5.81. The van der Waals surface area contributed by atoms with Crippen molar-refractivity contribution in [1.29, 1.82) is 0 Å². The lowest BCUT2D eigenvalue weighted by Gasteiger charge is -2.46. The molecule has 2 saturated heterocycles. The van der Waals surface area contributed by atoms with Crippen LogP contribution < -0.4 is 4.90 Å². The molecule has 3 fully saturated rings. The van der Waals surface area contributed by atoms with Gasteiger partial charge in [0.25, 0.3) is 5.92 Å². The monoisotopic (exact) mass is 339 g/mol. The van der Waals surface area contributed by atoms with Crippen molar-refractivity contribution in [3.63, 3.8) is 0 Å². The van der Waals surface area contributed by atoms with Crippen LogP contribution in [0.1, 0.15) is 25.7 Å². The number of nitrogens with zero attached hydrogens (tertiary/aromatic N) is 3. The molecule has 1 aliphatic carbocycles. The van der Waals surface area contributed by atoms with E-state index in [9.17, 15) is 18.0 Å². The Morgan fingerprint density at radius 2 is 2.00 bits per heavy atom. The van der Waals surface area contributed by atoms with Crippen LogP contribution in [-0.2, 0) is 4.79 Å². The molecule has 0 N–H and O–H groups in total. The summed E-state index contributed by atoms with van der Waals surface area (Å²) in [5, 5.41) is 0. The number of carbonyl (C=O) groups is 1. The molecule has 1 aromatic heterocycles. The van der Waals surface area contributed by atoms with Gasteiger partial charge in [0.15, 0.2) is 11.6 Å². The highest BCUT2D eigenvalue weighted by atomic mass is 19.3. The number of anilines is 1. The van der Waals surface area contributed by atoms with Gasteiger partial charge in [-0.2, -0.15) is 0 Å². The van der Waals surface area contributed by atoms with Crippen LogP contribution >= 0.6 is 0 Å². The third-order valence-corrected chi connectivity index (χ3v) is 5.60. The number of amides is 1. The number of aromatic nitrogens is 1. The Morgan fingerprint density at radius 3 is 2.71 bits per heavy atom. The zero-order valence-electron chi connectivity index (χ0n) is 13.4. The normalized spacial score (nSPS) is 29.3. The molecule has 1 amide bonds. The SMILES string of the molecule is O=C(C1CC1)N1CCC(F)(F)[C@]2(CCN(c3ncccc3F)C2)C1. The van der Waals surface area contributed by atoms with Gasteiger partial charge < -0.3 is 9.80 Å². The first kappa shape index (κ1) is 15.7. The maximum atomic E-state index is 14.7. The first-order chi connectivity index (χ1) is 11.4. The van der Waals surface area contributed by atoms with Crippen molar-refractivity contribution in [3.05, 3.63) is 24.1 Å². The standard InChI is InChI=1S/C17H20F3N3O/c18-13-2-1-7-21-14(13)22-8-5-16(10-22)11-23(9-6-17(16,19)20)15(24)12-3-4-12/h1-2,7,12H,3-6,8-11H2/t16-/m0/s1. The second-order valence-electron chi connectivity index (χ2n) is 7.25. The van der Waals surface area contributed by atoms with E-state index in [0.717, 1.165) is 12.8 Å². The average Bonchev–Trinajstić information content (AvgIpc) is 3.31. The van der Waals surface area contributed by atoms with Gasteiger partial charge in [-0.1, -0.05) is 0 Å². The maximum Gasteiger partial charge on any atom is 0.258 e. The van der Waals surface area contributed by atoms with Crippen LogP contribution in [0, 0.1) is 17.2 Å². The van der Waals surface area contributed by atoms with E-state index >= 15 is 0 Å². The molecule has 2 aliphatic heterocycles. The molecule has 1 atom stereocenters. The van der Waals surface area contributed by atoms with Crippen molar-refractivity contribution in [2.45, 2.75) is 31.6 Å². The van der Waals surface area contributed by atoms with Crippen LogP contribution in [0.2, 0.25) is 0 Å². The number of halogens is 3. The summed E-state index contributed by atoms with van der Waals surface area (Å²) in [6, 6.07) is 2.77. The van der Waals surface area contributed by atoms with Gasteiger partial charge in [-0.15, -0.1) is 0 Å². The molecule has 7 heteroatoms. The highest BCUT2D eigenvalue weighted by Crippen LogP contribution is 2.50. The third kappa shape index (κ3) is 2.45. The van der Waals surface area contributed by atoms with Gasteiger partial charge in [0.2, 0.25) is 5.91 Å². The summed E-state index contributed by atoms with van der Waals surface area (Å²) < 4.78 is 43.4. The largest absolute Gasteiger partial charge is 0.353 e. The maximum absolute atomic E-state index is 14.7. The van der Waals surface area contributed by atoms with E-state index in [1.54, 1.807) is 9.80 Å². The van der Waals surface area contributed by atoms with Gasteiger partial charge in [0.1, 0.15) is 0 Å². The van der Waals surface area contributed by atoms with Crippen LogP contribution in [0.25, 0.3) is 0 Å². The second kappa shape index (κ2) is 5.36. The molecular weight excluding hydrogens is 319 g/mol. The summed E-state index contributed by atoms with van der Waals surface area (Å²) in [4.78, 5) is 19.5. The Labute approximate surface area is 138 Å². The summed E-state index contributed by atoms with van der Waals surface area (Å²) in [7, 11) is 0. The minimum Gasteiger partial charge on any atom is -0.353 e. The first-order valence-electron chi connectivity index (χ1n) is 8.44. The van der Waals surface area contributed by atoms with Crippen molar-refractivity contribution in [1.82, 2.24) is 9.88 Å². The van der Waals surface area contributed by atoms with E-state index < -0.39 is 17.2 Å². The lowest BCUT2D eigenvalue weighted by molar-refractivity contribution is -0.169.